The van der Waals surface area contributed by atoms with Gasteiger partial charge in [0, 0.05) is 11.8 Å². The van der Waals surface area contributed by atoms with Gasteiger partial charge >= 0.3 is 5.97 Å². The van der Waals surface area contributed by atoms with Crippen LogP contribution in [0.15, 0.2) is 30.3 Å². The van der Waals surface area contributed by atoms with Crippen molar-refractivity contribution in [1.82, 2.24) is 0 Å². The number of ether oxygens (including phenoxy) is 1. The van der Waals surface area contributed by atoms with Crippen LogP contribution in [-0.4, -0.2) is 17.9 Å². The summed E-state index contributed by atoms with van der Waals surface area (Å²) in [5.41, 5.74) is 0.758. The van der Waals surface area contributed by atoms with Crippen LogP contribution in [0.4, 0.5) is 0 Å². The second-order valence-electron chi connectivity index (χ2n) is 12.7. The number of esters is 1. The van der Waals surface area contributed by atoms with Crippen LogP contribution in [0.3, 0.4) is 0 Å². The van der Waals surface area contributed by atoms with E-state index in [0.717, 1.165) is 25.7 Å². The molecule has 4 aliphatic rings. The van der Waals surface area contributed by atoms with E-state index >= 15 is 0 Å². The normalized spacial score (nSPS) is 42.3. The lowest BCUT2D eigenvalue weighted by atomic mass is 9.44. The van der Waals surface area contributed by atoms with E-state index in [1.165, 1.54) is 38.5 Å². The van der Waals surface area contributed by atoms with Gasteiger partial charge in [0.25, 0.3) is 0 Å². The number of carbonyl (C=O) groups is 2. The van der Waals surface area contributed by atoms with E-state index in [1.54, 1.807) is 0 Å². The van der Waals surface area contributed by atoms with E-state index in [1.807, 2.05) is 30.3 Å². The first-order valence-electron chi connectivity index (χ1n) is 14.1. The van der Waals surface area contributed by atoms with Crippen molar-refractivity contribution in [2.45, 2.75) is 98.0 Å². The minimum Gasteiger partial charge on any atom is -0.459 e. The van der Waals surface area contributed by atoms with Gasteiger partial charge in [-0.25, -0.2) is 4.79 Å². The van der Waals surface area contributed by atoms with Crippen LogP contribution in [0.2, 0.25) is 0 Å². The molecule has 34 heavy (non-hydrogen) atoms. The molecular formula is C31H44O3. The van der Waals surface area contributed by atoms with Crippen molar-refractivity contribution in [3.05, 3.63) is 35.9 Å². The van der Waals surface area contributed by atoms with Gasteiger partial charge in [0.1, 0.15) is 11.9 Å². The molecule has 0 amide bonds. The fourth-order valence-corrected chi connectivity index (χ4v) is 9.42. The van der Waals surface area contributed by atoms with Gasteiger partial charge in [-0.3, -0.25) is 4.79 Å². The van der Waals surface area contributed by atoms with Crippen molar-refractivity contribution in [2.24, 2.45) is 46.3 Å². The lowest BCUT2D eigenvalue weighted by Gasteiger charge is -2.60. The van der Waals surface area contributed by atoms with Gasteiger partial charge in [-0.1, -0.05) is 58.7 Å². The molecule has 0 aliphatic heterocycles. The fourth-order valence-electron chi connectivity index (χ4n) is 9.42. The summed E-state index contributed by atoms with van der Waals surface area (Å²) in [4.78, 5) is 26.5. The topological polar surface area (TPSA) is 43.4 Å². The standard InChI is InChI=1S/C31H44O3/c1-5-9-20(2)25-14-15-26-24-13-12-22-18-23(34-29(33)21-10-7-6-8-11-21)16-17-30(22,3)27(24)19-28(32)31(25,26)4/h6-8,10-11,20,22-27H,5,9,12-19H2,1-4H3/t20-,22-,23-,24+,25?,26+,27?,30+,31-/m1/s1. The third-order valence-corrected chi connectivity index (χ3v) is 11.3. The second-order valence-corrected chi connectivity index (χ2v) is 12.7. The molecule has 4 aliphatic carbocycles. The number of hydrogen-bond acceptors (Lipinski definition) is 3. The Morgan fingerprint density at radius 2 is 1.82 bits per heavy atom. The Hall–Kier alpha value is -1.64. The predicted molar refractivity (Wildman–Crippen MR) is 135 cm³/mol. The summed E-state index contributed by atoms with van der Waals surface area (Å²) < 4.78 is 5.97. The van der Waals surface area contributed by atoms with Gasteiger partial charge in [0.05, 0.1) is 5.56 Å². The van der Waals surface area contributed by atoms with Gasteiger partial charge in [0.2, 0.25) is 0 Å². The summed E-state index contributed by atoms with van der Waals surface area (Å²) in [6.07, 6.45) is 11.2. The summed E-state index contributed by atoms with van der Waals surface area (Å²) in [6.45, 7) is 9.51. The molecule has 2 unspecified atom stereocenters. The van der Waals surface area contributed by atoms with E-state index in [4.69, 9.17) is 4.74 Å². The van der Waals surface area contributed by atoms with Crippen LogP contribution in [0.5, 0.6) is 0 Å². The predicted octanol–water partition coefficient (Wildman–Crippen LogP) is 7.49. The second kappa shape index (κ2) is 9.10. The first kappa shape index (κ1) is 24.1. The van der Waals surface area contributed by atoms with Crippen molar-refractivity contribution >= 4 is 11.8 Å². The Bertz CT molecular complexity index is 909. The van der Waals surface area contributed by atoms with Crippen molar-refractivity contribution in [2.75, 3.05) is 0 Å². The van der Waals surface area contributed by atoms with Gasteiger partial charge < -0.3 is 4.74 Å². The molecule has 0 spiro atoms. The largest absolute Gasteiger partial charge is 0.459 e. The van der Waals surface area contributed by atoms with E-state index in [-0.39, 0.29) is 22.9 Å². The molecule has 3 heteroatoms. The fraction of sp³-hybridized carbons (Fsp3) is 0.742. The molecule has 1 aromatic carbocycles. The lowest BCUT2D eigenvalue weighted by molar-refractivity contribution is -0.160. The molecule has 3 nitrogen and oxygen atoms in total. The van der Waals surface area contributed by atoms with Crippen LogP contribution < -0.4 is 0 Å². The molecule has 186 valence electrons. The van der Waals surface area contributed by atoms with Crippen LogP contribution in [0, 0.1) is 46.3 Å². The van der Waals surface area contributed by atoms with Crippen LogP contribution in [0.1, 0.15) is 102 Å². The molecule has 4 fully saturated rings. The van der Waals surface area contributed by atoms with E-state index in [0.29, 0.717) is 46.9 Å². The SMILES string of the molecule is CCC[C@@H](C)C1CC[C@H]2[C@@H]3CC[C@@H]4C[C@H](OC(=O)c5ccccc5)CC[C@]4(C)C3CC(=O)[C@]12C. The van der Waals surface area contributed by atoms with Crippen LogP contribution >= 0.6 is 0 Å². The maximum absolute atomic E-state index is 13.9. The van der Waals surface area contributed by atoms with Crippen molar-refractivity contribution in [3.63, 3.8) is 0 Å². The molecule has 9 atom stereocenters. The van der Waals surface area contributed by atoms with Crippen LogP contribution in [-0.2, 0) is 9.53 Å². The molecule has 4 saturated carbocycles. The average Bonchev–Trinajstić information content (AvgIpc) is 3.19. The summed E-state index contributed by atoms with van der Waals surface area (Å²) >= 11 is 0. The van der Waals surface area contributed by atoms with Crippen molar-refractivity contribution in [1.29, 1.82) is 0 Å². The van der Waals surface area contributed by atoms with E-state index < -0.39 is 0 Å². The van der Waals surface area contributed by atoms with Gasteiger partial charge in [-0.05, 0) is 98.0 Å². The highest BCUT2D eigenvalue weighted by Gasteiger charge is 2.64. The maximum Gasteiger partial charge on any atom is 0.338 e. The molecule has 0 heterocycles. The molecular weight excluding hydrogens is 420 g/mol. The summed E-state index contributed by atoms with van der Waals surface area (Å²) in [7, 11) is 0. The quantitative estimate of drug-likeness (QED) is 0.424. The molecule has 0 aromatic heterocycles. The Morgan fingerprint density at radius 1 is 1.06 bits per heavy atom. The first-order valence-corrected chi connectivity index (χ1v) is 14.1. The summed E-state index contributed by atoms with van der Waals surface area (Å²) in [5.74, 6) is 3.97. The van der Waals surface area contributed by atoms with Gasteiger partial charge in [-0.2, -0.15) is 0 Å². The highest BCUT2D eigenvalue weighted by atomic mass is 16.5. The smallest absolute Gasteiger partial charge is 0.338 e. The van der Waals surface area contributed by atoms with E-state index in [9.17, 15) is 9.59 Å². The molecule has 5 rings (SSSR count). The van der Waals surface area contributed by atoms with Gasteiger partial charge in [0.15, 0.2) is 0 Å². The first-order chi connectivity index (χ1) is 16.3. The minimum absolute atomic E-state index is 0.0117. The highest BCUT2D eigenvalue weighted by Crippen LogP contribution is 2.67. The third kappa shape index (κ3) is 3.77. The lowest BCUT2D eigenvalue weighted by Crippen LogP contribution is -2.57. The van der Waals surface area contributed by atoms with Crippen LogP contribution in [0.25, 0.3) is 0 Å². The molecule has 0 radical (unpaired) electrons. The Morgan fingerprint density at radius 3 is 2.56 bits per heavy atom. The number of ketones is 1. The zero-order valence-electron chi connectivity index (χ0n) is 21.7. The zero-order chi connectivity index (χ0) is 24.1. The van der Waals surface area contributed by atoms with Gasteiger partial charge in [-0.15, -0.1) is 0 Å². The zero-order valence-corrected chi connectivity index (χ0v) is 21.7. The Kier molecular flexibility index (Phi) is 6.44. The molecule has 0 N–H and O–H groups in total. The molecule has 1 aromatic rings. The number of benzene rings is 1. The number of rotatable bonds is 5. The number of Topliss-reactive ketones (excluding diaryl/α,β-unsaturated/α-hetero) is 1. The molecule has 0 bridgehead atoms. The monoisotopic (exact) mass is 464 g/mol. The highest BCUT2D eigenvalue weighted by molar-refractivity contribution is 5.89. The number of fused-ring (bicyclic) bond motifs is 5. The number of carbonyl (C=O) groups excluding carboxylic acids is 2. The third-order valence-electron chi connectivity index (χ3n) is 11.3. The maximum atomic E-state index is 13.9. The summed E-state index contributed by atoms with van der Waals surface area (Å²) in [5, 5.41) is 0. The molecule has 0 saturated heterocycles. The van der Waals surface area contributed by atoms with Crippen molar-refractivity contribution in [3.8, 4) is 0 Å². The Balaban J connectivity index is 1.30. The summed E-state index contributed by atoms with van der Waals surface area (Å²) in [6, 6.07) is 9.37. The average molecular weight is 465 g/mol. The minimum atomic E-state index is -0.190. The Labute approximate surface area is 206 Å². The van der Waals surface area contributed by atoms with Crippen molar-refractivity contribution < 1.29 is 14.3 Å². The van der Waals surface area contributed by atoms with E-state index in [2.05, 4.69) is 27.7 Å². The number of hydrogen-bond donors (Lipinski definition) is 0.